The van der Waals surface area contributed by atoms with Gasteiger partial charge >= 0.3 is 6.18 Å². The highest BCUT2D eigenvalue weighted by Gasteiger charge is 2.34. The van der Waals surface area contributed by atoms with Crippen molar-refractivity contribution in [1.29, 1.82) is 0 Å². The maximum atomic E-state index is 13.1. The van der Waals surface area contributed by atoms with Crippen LogP contribution in [0.3, 0.4) is 0 Å². The summed E-state index contributed by atoms with van der Waals surface area (Å²) in [6.07, 6.45) is 0.237. The van der Waals surface area contributed by atoms with E-state index >= 15 is 0 Å². The number of alkyl halides is 3. The van der Waals surface area contributed by atoms with Gasteiger partial charge in [-0.1, -0.05) is 41.6 Å². The quantitative estimate of drug-likeness (QED) is 0.319. The normalized spacial score (nSPS) is 15.9. The Hall–Kier alpha value is -2.62. The van der Waals surface area contributed by atoms with E-state index in [-0.39, 0.29) is 22.3 Å². The van der Waals surface area contributed by atoms with Crippen LogP contribution >= 0.6 is 35.6 Å². The van der Waals surface area contributed by atoms with Crippen LogP contribution in [0.4, 0.5) is 13.2 Å². The Bertz CT molecular complexity index is 1190. The van der Waals surface area contributed by atoms with Gasteiger partial charge in [-0.3, -0.25) is 14.7 Å². The second-order valence-corrected chi connectivity index (χ2v) is 8.61. The zero-order valence-electron chi connectivity index (χ0n) is 15.5. The lowest BCUT2D eigenvalue weighted by Gasteiger charge is -2.13. The fraction of sp³-hybridized carbons (Fsp3) is 0.0952. The Kier molecular flexibility index (Phi) is 5.92. The van der Waals surface area contributed by atoms with Gasteiger partial charge in [0, 0.05) is 24.0 Å². The highest BCUT2D eigenvalue weighted by molar-refractivity contribution is 8.26. The van der Waals surface area contributed by atoms with E-state index < -0.39 is 11.7 Å². The van der Waals surface area contributed by atoms with E-state index in [2.05, 4.69) is 4.98 Å². The van der Waals surface area contributed by atoms with Gasteiger partial charge in [-0.25, -0.2) is 0 Å². The Labute approximate surface area is 189 Å². The van der Waals surface area contributed by atoms with Crippen LogP contribution in [0, 0.1) is 0 Å². The van der Waals surface area contributed by atoms with Gasteiger partial charge in [-0.2, -0.15) is 13.2 Å². The summed E-state index contributed by atoms with van der Waals surface area (Å²) in [5.41, 5.74) is 0.116. The molecule has 3 aromatic rings. The highest BCUT2D eigenvalue weighted by Crippen LogP contribution is 2.38. The van der Waals surface area contributed by atoms with E-state index in [4.69, 9.17) is 28.2 Å². The topological polar surface area (TPSA) is 46.3 Å². The van der Waals surface area contributed by atoms with Gasteiger partial charge < -0.3 is 4.42 Å². The summed E-state index contributed by atoms with van der Waals surface area (Å²) in [5.74, 6) is 0.266. The molecular weight excluding hydrogens is 469 g/mol. The molecule has 2 aromatic heterocycles. The summed E-state index contributed by atoms with van der Waals surface area (Å²) >= 11 is 12.1. The lowest BCUT2D eigenvalue weighted by molar-refractivity contribution is -0.137. The minimum absolute atomic E-state index is 0.222. The molecule has 4 nitrogen and oxygen atoms in total. The van der Waals surface area contributed by atoms with Crippen molar-refractivity contribution in [2.75, 3.05) is 0 Å². The van der Waals surface area contributed by atoms with Crippen molar-refractivity contribution in [2.45, 2.75) is 12.7 Å². The zero-order valence-corrected chi connectivity index (χ0v) is 17.9. The Morgan fingerprint density at radius 2 is 2.03 bits per heavy atom. The molecule has 0 bridgehead atoms. The third-order valence-electron chi connectivity index (χ3n) is 4.39. The standard InChI is InChI=1S/C21H12ClF3N2O2S2/c22-16-5-3-13(8-15(16)21(23,24)25)17-6-4-14(29-17)9-18-19(28)27(20(30)31-18)11-12-2-1-7-26-10-12/h1-10H,11H2. The van der Waals surface area contributed by atoms with Crippen molar-refractivity contribution >= 4 is 51.9 Å². The molecule has 158 valence electrons. The van der Waals surface area contributed by atoms with Crippen LogP contribution < -0.4 is 0 Å². The molecule has 0 N–H and O–H groups in total. The molecule has 0 aliphatic carbocycles. The third-order valence-corrected chi connectivity index (χ3v) is 6.10. The number of thiocarbonyl (C=S) groups is 1. The van der Waals surface area contributed by atoms with Crippen LogP contribution in [0.15, 0.2) is 64.2 Å². The van der Waals surface area contributed by atoms with Gasteiger partial charge in [0.05, 0.1) is 22.0 Å². The summed E-state index contributed by atoms with van der Waals surface area (Å²) < 4.78 is 45.4. The summed E-state index contributed by atoms with van der Waals surface area (Å²) in [6, 6.07) is 10.3. The maximum absolute atomic E-state index is 13.1. The molecule has 0 radical (unpaired) electrons. The lowest BCUT2D eigenvalue weighted by atomic mass is 10.1. The zero-order chi connectivity index (χ0) is 22.2. The number of hydrogen-bond donors (Lipinski definition) is 0. The molecule has 1 saturated heterocycles. The Balaban J connectivity index is 1.56. The minimum Gasteiger partial charge on any atom is -0.457 e. The van der Waals surface area contributed by atoms with Crippen molar-refractivity contribution < 1.29 is 22.4 Å². The second kappa shape index (κ2) is 8.49. The highest BCUT2D eigenvalue weighted by atomic mass is 35.5. The van der Waals surface area contributed by atoms with E-state index in [9.17, 15) is 18.0 Å². The molecule has 10 heteroatoms. The molecule has 4 rings (SSSR count). The average Bonchev–Trinajstić information content (AvgIpc) is 3.29. The molecule has 31 heavy (non-hydrogen) atoms. The Morgan fingerprint density at radius 1 is 1.23 bits per heavy atom. The number of carbonyl (C=O) groups excluding carboxylic acids is 1. The van der Waals surface area contributed by atoms with Crippen LogP contribution in [0.2, 0.25) is 5.02 Å². The number of pyridine rings is 1. The average molecular weight is 481 g/mol. The first-order valence-corrected chi connectivity index (χ1v) is 10.4. The molecule has 0 saturated carbocycles. The van der Waals surface area contributed by atoms with Gasteiger partial charge in [0.1, 0.15) is 15.8 Å². The predicted molar refractivity (Wildman–Crippen MR) is 117 cm³/mol. The van der Waals surface area contributed by atoms with Crippen molar-refractivity contribution in [3.63, 3.8) is 0 Å². The number of furan rings is 1. The first-order valence-electron chi connectivity index (χ1n) is 8.83. The van der Waals surface area contributed by atoms with Crippen LogP contribution in [0.25, 0.3) is 17.4 Å². The van der Waals surface area contributed by atoms with E-state index in [0.29, 0.717) is 21.5 Å². The van der Waals surface area contributed by atoms with Gasteiger partial charge in [0.25, 0.3) is 5.91 Å². The van der Waals surface area contributed by atoms with Crippen molar-refractivity contribution in [3.05, 3.63) is 81.7 Å². The molecule has 1 amide bonds. The number of hydrogen-bond acceptors (Lipinski definition) is 5. The number of benzene rings is 1. The number of rotatable bonds is 4. The number of aromatic nitrogens is 1. The molecule has 1 aliphatic rings. The van der Waals surface area contributed by atoms with Gasteiger partial charge in [-0.05, 0) is 42.0 Å². The fourth-order valence-corrected chi connectivity index (χ4v) is 4.38. The summed E-state index contributed by atoms with van der Waals surface area (Å²) in [6.45, 7) is 0.296. The summed E-state index contributed by atoms with van der Waals surface area (Å²) in [7, 11) is 0. The number of carbonyl (C=O) groups is 1. The largest absolute Gasteiger partial charge is 0.457 e. The fourth-order valence-electron chi connectivity index (χ4n) is 2.92. The predicted octanol–water partition coefficient (Wildman–Crippen LogP) is 6.42. The minimum atomic E-state index is -4.58. The van der Waals surface area contributed by atoms with Crippen molar-refractivity contribution in [3.8, 4) is 11.3 Å². The maximum Gasteiger partial charge on any atom is 0.417 e. The third kappa shape index (κ3) is 4.68. The SMILES string of the molecule is O=C1C(=Cc2ccc(-c3ccc(Cl)c(C(F)(F)F)c3)o2)SC(=S)N1Cc1cccnc1. The molecule has 1 aliphatic heterocycles. The molecule has 0 unspecified atom stereocenters. The summed E-state index contributed by atoms with van der Waals surface area (Å²) in [5, 5.41) is -0.389. The molecule has 0 spiro atoms. The number of amides is 1. The molecule has 3 heterocycles. The number of thioether (sulfide) groups is 1. The van der Waals surface area contributed by atoms with Crippen molar-refractivity contribution in [1.82, 2.24) is 9.88 Å². The molecule has 1 fully saturated rings. The lowest BCUT2D eigenvalue weighted by Crippen LogP contribution is -2.27. The molecule has 0 atom stereocenters. The van der Waals surface area contributed by atoms with E-state index in [1.807, 2.05) is 6.07 Å². The number of nitrogens with zero attached hydrogens (tertiary/aromatic N) is 2. The van der Waals surface area contributed by atoms with E-state index in [0.717, 1.165) is 23.4 Å². The molecular formula is C21H12ClF3N2O2S2. The number of halogens is 4. The Morgan fingerprint density at radius 3 is 2.74 bits per heavy atom. The van der Waals surface area contributed by atoms with Gasteiger partial charge in [0.2, 0.25) is 0 Å². The first-order chi connectivity index (χ1) is 14.7. The summed E-state index contributed by atoms with van der Waals surface area (Å²) in [4.78, 5) is 18.6. The van der Waals surface area contributed by atoms with Crippen LogP contribution in [0.1, 0.15) is 16.9 Å². The van der Waals surface area contributed by atoms with Gasteiger partial charge in [-0.15, -0.1) is 0 Å². The van der Waals surface area contributed by atoms with Crippen LogP contribution in [-0.2, 0) is 17.5 Å². The first kappa shape index (κ1) is 21.6. The van der Waals surface area contributed by atoms with Crippen LogP contribution in [0.5, 0.6) is 0 Å². The van der Waals surface area contributed by atoms with E-state index in [1.54, 1.807) is 24.5 Å². The van der Waals surface area contributed by atoms with Gasteiger partial charge in [0.15, 0.2) is 0 Å². The second-order valence-electron chi connectivity index (χ2n) is 6.52. The monoisotopic (exact) mass is 480 g/mol. The van der Waals surface area contributed by atoms with E-state index in [1.165, 1.54) is 29.2 Å². The molecule has 1 aromatic carbocycles. The van der Waals surface area contributed by atoms with Crippen LogP contribution in [-0.4, -0.2) is 20.1 Å². The smallest absolute Gasteiger partial charge is 0.417 e. The van der Waals surface area contributed by atoms with Crippen molar-refractivity contribution in [2.24, 2.45) is 0 Å².